The van der Waals surface area contributed by atoms with E-state index >= 15 is 0 Å². The van der Waals surface area contributed by atoms with Crippen LogP contribution in [0.2, 0.25) is 0 Å². The minimum atomic E-state index is -0.777. The van der Waals surface area contributed by atoms with Crippen LogP contribution >= 0.6 is 0 Å². The van der Waals surface area contributed by atoms with Gasteiger partial charge < -0.3 is 20.4 Å². The Morgan fingerprint density at radius 3 is 2.56 bits per heavy atom. The van der Waals surface area contributed by atoms with Gasteiger partial charge in [-0.3, -0.25) is 4.79 Å². The molecular weight excluding hydrogens is 344 g/mol. The summed E-state index contributed by atoms with van der Waals surface area (Å²) in [4.78, 5) is 10.5. The number of aliphatic hydroxyl groups excluding tert-OH is 3. The van der Waals surface area contributed by atoms with E-state index in [1.54, 1.807) is 6.08 Å². The standard InChI is InChI=1S/C22H38O5/c1-2-3-4-5-6-8-11-17(23)14-15-19-18(20(24)16-21(19)25)12-9-7-10-13-22(26)27/h6,8,14-15,17-21,23-25H,2-5,7,9-13,16H2,1H3,(H,26,27)/b8-6-,15-14+/t17-,18-,19+,20+,21-/m1/s1. The van der Waals surface area contributed by atoms with Gasteiger partial charge in [-0.1, -0.05) is 56.9 Å². The van der Waals surface area contributed by atoms with Crippen LogP contribution in [0.5, 0.6) is 0 Å². The molecule has 0 aromatic rings. The monoisotopic (exact) mass is 382 g/mol. The van der Waals surface area contributed by atoms with Crippen molar-refractivity contribution in [3.05, 3.63) is 24.3 Å². The van der Waals surface area contributed by atoms with E-state index in [4.69, 9.17) is 5.11 Å². The van der Waals surface area contributed by atoms with Crippen molar-refractivity contribution >= 4 is 5.97 Å². The van der Waals surface area contributed by atoms with E-state index in [1.807, 2.05) is 12.2 Å². The largest absolute Gasteiger partial charge is 0.481 e. The lowest BCUT2D eigenvalue weighted by atomic mass is 9.88. The summed E-state index contributed by atoms with van der Waals surface area (Å²) in [5, 5.41) is 39.2. The molecule has 0 aliphatic heterocycles. The molecule has 0 amide bonds. The van der Waals surface area contributed by atoms with E-state index in [1.165, 1.54) is 19.3 Å². The molecule has 0 bridgehead atoms. The molecule has 0 aromatic carbocycles. The second kappa shape index (κ2) is 13.9. The van der Waals surface area contributed by atoms with E-state index in [-0.39, 0.29) is 18.3 Å². The lowest BCUT2D eigenvalue weighted by Crippen LogP contribution is -2.21. The van der Waals surface area contributed by atoms with Crippen molar-refractivity contribution in [2.24, 2.45) is 11.8 Å². The Labute approximate surface area is 163 Å². The van der Waals surface area contributed by atoms with Crippen molar-refractivity contribution in [2.45, 2.75) is 95.9 Å². The number of carbonyl (C=O) groups is 1. The average Bonchev–Trinajstić information content (AvgIpc) is 2.88. The second-order valence-corrected chi connectivity index (χ2v) is 7.76. The second-order valence-electron chi connectivity index (χ2n) is 7.76. The summed E-state index contributed by atoms with van der Waals surface area (Å²) in [5.41, 5.74) is 0. The number of unbranched alkanes of at least 4 members (excludes halogenated alkanes) is 5. The first kappa shape index (κ1) is 23.9. The van der Waals surface area contributed by atoms with Gasteiger partial charge in [0.05, 0.1) is 18.3 Å². The molecule has 0 unspecified atom stereocenters. The highest BCUT2D eigenvalue weighted by molar-refractivity contribution is 5.66. The summed E-state index contributed by atoms with van der Waals surface area (Å²) in [5.74, 6) is -0.957. The number of carboxylic acids is 1. The molecule has 4 N–H and O–H groups in total. The molecule has 5 atom stereocenters. The zero-order valence-electron chi connectivity index (χ0n) is 16.7. The van der Waals surface area contributed by atoms with E-state index < -0.39 is 24.3 Å². The number of hydrogen-bond donors (Lipinski definition) is 4. The van der Waals surface area contributed by atoms with Crippen molar-refractivity contribution in [3.8, 4) is 0 Å². The summed E-state index contributed by atoms with van der Waals surface area (Å²) in [6, 6.07) is 0. The summed E-state index contributed by atoms with van der Waals surface area (Å²) < 4.78 is 0. The summed E-state index contributed by atoms with van der Waals surface area (Å²) >= 11 is 0. The highest BCUT2D eigenvalue weighted by Gasteiger charge is 2.39. The maximum Gasteiger partial charge on any atom is 0.303 e. The van der Waals surface area contributed by atoms with Gasteiger partial charge in [0.25, 0.3) is 0 Å². The molecular formula is C22H38O5. The number of rotatable bonds is 14. The topological polar surface area (TPSA) is 98.0 Å². The van der Waals surface area contributed by atoms with Crippen LogP contribution in [0.3, 0.4) is 0 Å². The lowest BCUT2D eigenvalue weighted by Gasteiger charge is -2.21. The van der Waals surface area contributed by atoms with E-state index in [0.29, 0.717) is 19.3 Å². The number of aliphatic carboxylic acids is 1. The Kier molecular flexibility index (Phi) is 12.3. The van der Waals surface area contributed by atoms with Crippen LogP contribution < -0.4 is 0 Å². The molecule has 1 aliphatic rings. The molecule has 1 fully saturated rings. The van der Waals surface area contributed by atoms with Crippen LogP contribution in [-0.2, 0) is 4.79 Å². The van der Waals surface area contributed by atoms with Crippen LogP contribution in [0.15, 0.2) is 24.3 Å². The van der Waals surface area contributed by atoms with Crippen molar-refractivity contribution in [1.29, 1.82) is 0 Å². The van der Waals surface area contributed by atoms with E-state index in [2.05, 4.69) is 13.0 Å². The van der Waals surface area contributed by atoms with Crippen LogP contribution in [0.25, 0.3) is 0 Å². The molecule has 1 rings (SSSR count). The van der Waals surface area contributed by atoms with Crippen LogP contribution in [0, 0.1) is 11.8 Å². The first-order valence-electron chi connectivity index (χ1n) is 10.5. The fourth-order valence-electron chi connectivity index (χ4n) is 3.81. The van der Waals surface area contributed by atoms with Crippen molar-refractivity contribution < 1.29 is 25.2 Å². The quantitative estimate of drug-likeness (QED) is 0.270. The summed E-state index contributed by atoms with van der Waals surface area (Å²) in [6.45, 7) is 2.18. The Bertz CT molecular complexity index is 460. The molecule has 0 radical (unpaired) electrons. The van der Waals surface area contributed by atoms with Gasteiger partial charge in [-0.2, -0.15) is 0 Å². The van der Waals surface area contributed by atoms with Gasteiger partial charge in [0.15, 0.2) is 0 Å². The molecule has 0 aromatic heterocycles. The van der Waals surface area contributed by atoms with Gasteiger partial charge in [-0.05, 0) is 38.0 Å². The first-order valence-corrected chi connectivity index (χ1v) is 10.5. The van der Waals surface area contributed by atoms with Crippen LogP contribution in [-0.4, -0.2) is 44.7 Å². The highest BCUT2D eigenvalue weighted by Crippen LogP contribution is 2.37. The predicted molar refractivity (Wildman–Crippen MR) is 107 cm³/mol. The van der Waals surface area contributed by atoms with Gasteiger partial charge >= 0.3 is 5.97 Å². The number of aliphatic hydroxyl groups is 3. The summed E-state index contributed by atoms with van der Waals surface area (Å²) in [6.07, 6.45) is 14.8. The minimum Gasteiger partial charge on any atom is -0.481 e. The normalized spacial score (nSPS) is 27.0. The maximum atomic E-state index is 10.5. The molecule has 0 saturated heterocycles. The molecule has 27 heavy (non-hydrogen) atoms. The van der Waals surface area contributed by atoms with Crippen molar-refractivity contribution in [2.75, 3.05) is 0 Å². The third kappa shape index (κ3) is 10.1. The van der Waals surface area contributed by atoms with Crippen molar-refractivity contribution in [1.82, 2.24) is 0 Å². The highest BCUT2D eigenvalue weighted by atomic mass is 16.4. The lowest BCUT2D eigenvalue weighted by molar-refractivity contribution is -0.137. The maximum absolute atomic E-state index is 10.5. The Balaban J connectivity index is 2.39. The molecule has 5 nitrogen and oxygen atoms in total. The van der Waals surface area contributed by atoms with Crippen LogP contribution in [0.1, 0.15) is 77.6 Å². The fraction of sp³-hybridized carbons (Fsp3) is 0.773. The number of hydrogen-bond acceptors (Lipinski definition) is 4. The minimum absolute atomic E-state index is 0.0298. The predicted octanol–water partition coefficient (Wildman–Crippen LogP) is 3.82. The Morgan fingerprint density at radius 2 is 1.85 bits per heavy atom. The van der Waals surface area contributed by atoms with Gasteiger partial charge in [0.1, 0.15) is 0 Å². The van der Waals surface area contributed by atoms with Gasteiger partial charge in [-0.25, -0.2) is 0 Å². The Hall–Kier alpha value is -1.17. The first-order chi connectivity index (χ1) is 13.0. The Morgan fingerprint density at radius 1 is 1.07 bits per heavy atom. The summed E-state index contributed by atoms with van der Waals surface area (Å²) in [7, 11) is 0. The van der Waals surface area contributed by atoms with E-state index in [9.17, 15) is 20.1 Å². The van der Waals surface area contributed by atoms with E-state index in [0.717, 1.165) is 25.7 Å². The SMILES string of the molecule is CCCCC/C=C\C[C@@H](O)/C=C/[C@H]1[C@@H](CCCCCC(=O)O)[C@@H](O)C[C@H]1O. The third-order valence-electron chi connectivity index (χ3n) is 5.42. The van der Waals surface area contributed by atoms with Gasteiger partial charge in [0, 0.05) is 18.8 Å². The zero-order chi connectivity index (χ0) is 20.1. The zero-order valence-corrected chi connectivity index (χ0v) is 16.7. The average molecular weight is 383 g/mol. The molecule has 0 spiro atoms. The number of allylic oxidation sites excluding steroid dienone is 1. The fourth-order valence-corrected chi connectivity index (χ4v) is 3.81. The molecule has 1 aliphatic carbocycles. The smallest absolute Gasteiger partial charge is 0.303 e. The molecule has 1 saturated carbocycles. The molecule has 156 valence electrons. The number of carboxylic acid groups (broad SMARTS) is 1. The van der Waals surface area contributed by atoms with Crippen molar-refractivity contribution in [3.63, 3.8) is 0 Å². The molecule has 0 heterocycles. The molecule has 5 heteroatoms. The van der Waals surface area contributed by atoms with Crippen LogP contribution in [0.4, 0.5) is 0 Å². The third-order valence-corrected chi connectivity index (χ3v) is 5.42. The van der Waals surface area contributed by atoms with Gasteiger partial charge in [-0.15, -0.1) is 0 Å². The van der Waals surface area contributed by atoms with Gasteiger partial charge in [0.2, 0.25) is 0 Å².